The van der Waals surface area contributed by atoms with Gasteiger partial charge in [0.15, 0.2) is 0 Å². The van der Waals surface area contributed by atoms with Crippen LogP contribution in [0.15, 0.2) is 48.5 Å². The molecule has 5 rings (SSSR count). The van der Waals surface area contributed by atoms with E-state index < -0.39 is 0 Å². The maximum absolute atomic E-state index is 12.9. The monoisotopic (exact) mass is 393 g/mol. The molecule has 1 aromatic carbocycles. The summed E-state index contributed by atoms with van der Waals surface area (Å²) in [6, 6.07) is 4.32. The number of piperazine rings is 1. The number of carbonyl (C=O) groups excluding carboxylic acids is 1. The lowest BCUT2D eigenvalue weighted by atomic mass is 10.1. The molecule has 1 amide bonds. The summed E-state index contributed by atoms with van der Waals surface area (Å²) in [4.78, 5) is 17.2. The zero-order valence-electron chi connectivity index (χ0n) is 16.1. The Morgan fingerprint density at radius 1 is 1.25 bits per heavy atom. The molecule has 0 aliphatic carbocycles. The number of allylic oxidation sites excluding steroid dienone is 1. The summed E-state index contributed by atoms with van der Waals surface area (Å²) in [7, 11) is 2.48. The number of rotatable bonds is 2. The van der Waals surface area contributed by atoms with Gasteiger partial charge in [-0.2, -0.15) is 5.10 Å². The second-order valence-electron chi connectivity index (χ2n) is 7.58. The summed E-state index contributed by atoms with van der Waals surface area (Å²) in [5, 5.41) is 10.2. The summed E-state index contributed by atoms with van der Waals surface area (Å²) in [6.07, 6.45) is 10.3. The zero-order chi connectivity index (χ0) is 19.3. The van der Waals surface area contributed by atoms with Crippen molar-refractivity contribution in [2.45, 2.75) is 12.7 Å². The van der Waals surface area contributed by atoms with E-state index in [1.54, 1.807) is 0 Å². The molecule has 4 heterocycles. The van der Waals surface area contributed by atoms with E-state index in [4.69, 9.17) is 0 Å². The first-order valence-electron chi connectivity index (χ1n) is 9.69. The van der Waals surface area contributed by atoms with Crippen LogP contribution in [-0.2, 0) is 11.8 Å². The van der Waals surface area contributed by atoms with Crippen molar-refractivity contribution in [3.63, 3.8) is 0 Å². The van der Waals surface area contributed by atoms with Crippen molar-refractivity contribution in [2.24, 2.45) is 7.05 Å². The molecule has 3 aliphatic heterocycles. The van der Waals surface area contributed by atoms with Crippen molar-refractivity contribution in [3.05, 3.63) is 59.6 Å². The molecule has 0 radical (unpaired) electrons. The van der Waals surface area contributed by atoms with Crippen LogP contribution in [0.5, 0.6) is 0 Å². The average Bonchev–Trinajstić information content (AvgIpc) is 3.09. The molecular weight excluding hydrogens is 369 g/mol. The van der Waals surface area contributed by atoms with Crippen LogP contribution < -0.4 is 5.32 Å². The minimum absolute atomic E-state index is 0.0691. The molecule has 1 fully saturated rings. The van der Waals surface area contributed by atoms with Gasteiger partial charge in [-0.25, -0.2) is 0 Å². The largest absolute Gasteiger partial charge is 0.368 e. The summed E-state index contributed by atoms with van der Waals surface area (Å²) in [5.41, 5.74) is 4.45. The molecule has 2 atom stereocenters. The molecule has 144 valence electrons. The van der Waals surface area contributed by atoms with E-state index >= 15 is 0 Å². The molecule has 2 aromatic rings. The lowest BCUT2D eigenvalue weighted by molar-refractivity contribution is -0.123. The standard InChI is InChI=1S/C21H24N5OP/c1-14-9-15(10-16-12-24(2)23-21(14)16)18-11-19(27)26-13-17(3-4-20(26)28-18)25-7-5-22-6-8-25/h3-4,9-13,20,22,28H,5-8H2,1-2H3. The third-order valence-corrected chi connectivity index (χ3v) is 7.06. The van der Waals surface area contributed by atoms with Crippen molar-refractivity contribution in [2.75, 3.05) is 26.2 Å². The Balaban J connectivity index is 1.45. The number of hydrogen-bond donors (Lipinski definition) is 1. The highest BCUT2D eigenvalue weighted by Crippen LogP contribution is 2.45. The number of aromatic nitrogens is 2. The van der Waals surface area contributed by atoms with Gasteiger partial charge in [-0.1, -0.05) is 14.7 Å². The Kier molecular flexibility index (Phi) is 4.33. The van der Waals surface area contributed by atoms with Gasteiger partial charge in [-0.15, -0.1) is 0 Å². The van der Waals surface area contributed by atoms with Gasteiger partial charge in [-0.05, 0) is 41.6 Å². The van der Waals surface area contributed by atoms with E-state index in [1.165, 1.54) is 0 Å². The minimum Gasteiger partial charge on any atom is -0.368 e. The Bertz CT molecular complexity index is 1040. The molecule has 7 heteroatoms. The van der Waals surface area contributed by atoms with Crippen LogP contribution in [0.3, 0.4) is 0 Å². The second-order valence-corrected chi connectivity index (χ2v) is 9.00. The van der Waals surface area contributed by atoms with E-state index in [0.717, 1.165) is 59.2 Å². The zero-order valence-corrected chi connectivity index (χ0v) is 17.1. The first kappa shape index (κ1) is 17.7. The SMILES string of the molecule is Cc1cc(C2=CC(=O)N3C=C(N4CCNCC4)C=CC3P2)cc2cn(C)nc12. The van der Waals surface area contributed by atoms with Gasteiger partial charge < -0.3 is 15.1 Å². The Hall–Kier alpha value is -2.43. The summed E-state index contributed by atoms with van der Waals surface area (Å²) < 4.78 is 1.85. The topological polar surface area (TPSA) is 53.4 Å². The molecule has 1 saturated heterocycles. The van der Waals surface area contributed by atoms with Gasteiger partial charge in [-0.3, -0.25) is 9.48 Å². The molecule has 6 nitrogen and oxygen atoms in total. The van der Waals surface area contributed by atoms with Crippen molar-refractivity contribution in [1.29, 1.82) is 0 Å². The van der Waals surface area contributed by atoms with Crippen LogP contribution in [0.4, 0.5) is 0 Å². The van der Waals surface area contributed by atoms with Crippen molar-refractivity contribution < 1.29 is 4.79 Å². The number of fused-ring (bicyclic) bond motifs is 2. The van der Waals surface area contributed by atoms with Crippen LogP contribution in [-0.4, -0.2) is 57.4 Å². The van der Waals surface area contributed by atoms with Crippen LogP contribution in [0, 0.1) is 6.92 Å². The summed E-state index contributed by atoms with van der Waals surface area (Å²) in [5.74, 6) is 0.184. The van der Waals surface area contributed by atoms with Gasteiger partial charge in [0, 0.05) is 57.1 Å². The Labute approximate surface area is 166 Å². The fourth-order valence-corrected chi connectivity index (χ4v) is 5.50. The van der Waals surface area contributed by atoms with Crippen molar-refractivity contribution >= 4 is 30.7 Å². The first-order valence-corrected chi connectivity index (χ1v) is 10.8. The third kappa shape index (κ3) is 3.07. The molecule has 1 N–H and O–H groups in total. The first-order chi connectivity index (χ1) is 13.6. The minimum atomic E-state index is 0.0691. The summed E-state index contributed by atoms with van der Waals surface area (Å²) >= 11 is 0. The molecule has 28 heavy (non-hydrogen) atoms. The number of amides is 1. The Morgan fingerprint density at radius 3 is 2.89 bits per heavy atom. The quantitative estimate of drug-likeness (QED) is 0.796. The number of benzene rings is 1. The molecule has 0 saturated carbocycles. The lowest BCUT2D eigenvalue weighted by Crippen LogP contribution is -2.44. The molecule has 0 bridgehead atoms. The average molecular weight is 393 g/mol. The number of hydrogen-bond acceptors (Lipinski definition) is 4. The van der Waals surface area contributed by atoms with Crippen LogP contribution in [0.2, 0.25) is 0 Å². The summed E-state index contributed by atoms with van der Waals surface area (Å²) in [6.45, 7) is 6.03. The van der Waals surface area contributed by atoms with Gasteiger partial charge in [0.2, 0.25) is 0 Å². The van der Waals surface area contributed by atoms with Gasteiger partial charge >= 0.3 is 0 Å². The lowest BCUT2D eigenvalue weighted by Gasteiger charge is -2.37. The van der Waals surface area contributed by atoms with Crippen molar-refractivity contribution in [1.82, 2.24) is 24.9 Å². The predicted molar refractivity (Wildman–Crippen MR) is 114 cm³/mol. The highest BCUT2D eigenvalue weighted by molar-refractivity contribution is 7.51. The van der Waals surface area contributed by atoms with Gasteiger partial charge in [0.25, 0.3) is 5.91 Å². The number of nitrogens with one attached hydrogen (secondary N) is 1. The maximum atomic E-state index is 12.9. The second kappa shape index (κ2) is 6.87. The van der Waals surface area contributed by atoms with E-state index in [9.17, 15) is 4.79 Å². The molecule has 0 spiro atoms. The van der Waals surface area contributed by atoms with Crippen LogP contribution in [0.25, 0.3) is 16.2 Å². The normalized spacial score (nSPS) is 23.2. The molecule has 1 aromatic heterocycles. The molecule has 3 aliphatic rings. The van der Waals surface area contributed by atoms with Crippen LogP contribution in [0.1, 0.15) is 11.1 Å². The number of aryl methyl sites for hydroxylation is 2. The highest BCUT2D eigenvalue weighted by Gasteiger charge is 2.29. The predicted octanol–water partition coefficient (Wildman–Crippen LogP) is 2.39. The number of nitrogens with zero attached hydrogens (tertiary/aromatic N) is 4. The fourth-order valence-electron chi connectivity index (χ4n) is 4.13. The molecule has 2 unspecified atom stereocenters. The van der Waals surface area contributed by atoms with E-state index in [-0.39, 0.29) is 11.7 Å². The van der Waals surface area contributed by atoms with Crippen molar-refractivity contribution in [3.8, 4) is 0 Å². The van der Waals surface area contributed by atoms with Gasteiger partial charge in [0.05, 0.1) is 17.0 Å². The van der Waals surface area contributed by atoms with E-state index in [1.807, 2.05) is 35.1 Å². The molecular formula is C21H24N5OP. The third-order valence-electron chi connectivity index (χ3n) is 5.55. The Morgan fingerprint density at radius 2 is 2.07 bits per heavy atom. The van der Waals surface area contributed by atoms with E-state index in [0.29, 0.717) is 8.58 Å². The van der Waals surface area contributed by atoms with E-state index in [2.05, 4.69) is 46.5 Å². The van der Waals surface area contributed by atoms with Gasteiger partial charge in [0.1, 0.15) is 0 Å². The smallest absolute Gasteiger partial charge is 0.252 e. The highest BCUT2D eigenvalue weighted by atomic mass is 31.1. The fraction of sp³-hybridized carbons (Fsp3) is 0.333. The van der Waals surface area contributed by atoms with Crippen LogP contribution >= 0.6 is 8.58 Å². The number of carbonyl (C=O) groups is 1. The maximum Gasteiger partial charge on any atom is 0.252 e.